The molecule has 0 unspecified atom stereocenters. The van der Waals surface area contributed by atoms with E-state index < -0.39 is 8.32 Å². The molecule has 0 saturated carbocycles. The van der Waals surface area contributed by atoms with Crippen LogP contribution in [0.25, 0.3) is 0 Å². The largest absolute Gasteiger partial charge is 0.519 e. The molecular formula is C15H28O2Si. The number of hydrogen-bond acceptors (Lipinski definition) is 2. The van der Waals surface area contributed by atoms with Crippen LogP contribution in [0, 0.1) is 0 Å². The van der Waals surface area contributed by atoms with Crippen molar-refractivity contribution in [1.29, 1.82) is 0 Å². The molecule has 1 rings (SSSR count). The van der Waals surface area contributed by atoms with E-state index in [0.717, 1.165) is 6.42 Å². The quantitative estimate of drug-likeness (QED) is 0.406. The normalized spacial score (nSPS) is 21.9. The Morgan fingerprint density at radius 3 is 2.44 bits per heavy atom. The SMILES string of the molecule is C/C=C(\O[C@@H]1C=CCCC1)O[Si](C)(C)C(C)(C)C. The van der Waals surface area contributed by atoms with E-state index in [-0.39, 0.29) is 11.1 Å². The van der Waals surface area contributed by atoms with Crippen LogP contribution in [0.2, 0.25) is 18.1 Å². The molecule has 0 spiro atoms. The lowest BCUT2D eigenvalue weighted by molar-refractivity contribution is 0.0541. The smallest absolute Gasteiger partial charge is 0.261 e. The van der Waals surface area contributed by atoms with Crippen LogP contribution in [0.15, 0.2) is 24.2 Å². The highest BCUT2D eigenvalue weighted by molar-refractivity contribution is 6.74. The highest BCUT2D eigenvalue weighted by Gasteiger charge is 2.40. The van der Waals surface area contributed by atoms with Crippen LogP contribution < -0.4 is 0 Å². The fourth-order valence-electron chi connectivity index (χ4n) is 1.58. The van der Waals surface area contributed by atoms with Gasteiger partial charge in [0.2, 0.25) is 0 Å². The number of hydrogen-bond donors (Lipinski definition) is 0. The summed E-state index contributed by atoms with van der Waals surface area (Å²) in [5.74, 6) is 0.707. The van der Waals surface area contributed by atoms with Crippen LogP contribution in [-0.2, 0) is 9.16 Å². The van der Waals surface area contributed by atoms with E-state index >= 15 is 0 Å². The van der Waals surface area contributed by atoms with Gasteiger partial charge in [-0.1, -0.05) is 26.8 Å². The van der Waals surface area contributed by atoms with Crippen molar-refractivity contribution in [2.24, 2.45) is 0 Å². The molecule has 0 fully saturated rings. The van der Waals surface area contributed by atoms with E-state index in [1.54, 1.807) is 0 Å². The van der Waals surface area contributed by atoms with Crippen LogP contribution in [-0.4, -0.2) is 14.4 Å². The zero-order chi connectivity index (χ0) is 13.8. The van der Waals surface area contributed by atoms with E-state index in [0.29, 0.717) is 5.95 Å². The maximum atomic E-state index is 6.20. The Kier molecular flexibility index (Phi) is 5.08. The molecule has 0 aromatic rings. The second-order valence-corrected chi connectivity index (χ2v) is 11.2. The third-order valence-electron chi connectivity index (χ3n) is 3.88. The molecule has 0 aromatic heterocycles. The minimum atomic E-state index is -1.79. The number of ether oxygens (including phenoxy) is 1. The average molecular weight is 268 g/mol. The minimum Gasteiger partial charge on any atom is -0.519 e. The third kappa shape index (κ3) is 4.20. The predicted octanol–water partition coefficient (Wildman–Crippen LogP) is 4.99. The second-order valence-electron chi connectivity index (χ2n) is 6.49. The summed E-state index contributed by atoms with van der Waals surface area (Å²) in [7, 11) is -1.79. The fraction of sp³-hybridized carbons (Fsp3) is 0.733. The molecule has 0 aromatic carbocycles. The Balaban J connectivity index is 2.63. The highest BCUT2D eigenvalue weighted by Crippen LogP contribution is 2.38. The Bertz CT molecular complexity index is 324. The lowest BCUT2D eigenvalue weighted by Gasteiger charge is -2.37. The van der Waals surface area contributed by atoms with Crippen LogP contribution in [0.3, 0.4) is 0 Å². The Hall–Kier alpha value is -0.703. The molecule has 104 valence electrons. The molecule has 1 atom stereocenters. The van der Waals surface area contributed by atoms with Crippen molar-refractivity contribution in [2.75, 3.05) is 0 Å². The molecule has 0 N–H and O–H groups in total. The molecule has 0 radical (unpaired) electrons. The van der Waals surface area contributed by atoms with Crippen molar-refractivity contribution in [1.82, 2.24) is 0 Å². The molecule has 2 nitrogen and oxygen atoms in total. The van der Waals surface area contributed by atoms with Crippen molar-refractivity contribution < 1.29 is 9.16 Å². The number of allylic oxidation sites excluding steroid dienone is 2. The highest BCUT2D eigenvalue weighted by atomic mass is 28.4. The van der Waals surface area contributed by atoms with Gasteiger partial charge in [0.1, 0.15) is 6.10 Å². The van der Waals surface area contributed by atoms with Gasteiger partial charge < -0.3 is 9.16 Å². The van der Waals surface area contributed by atoms with Gasteiger partial charge in [-0.15, -0.1) is 0 Å². The van der Waals surface area contributed by atoms with Crippen LogP contribution in [0.1, 0.15) is 47.0 Å². The van der Waals surface area contributed by atoms with E-state index in [1.807, 2.05) is 13.0 Å². The fourth-order valence-corrected chi connectivity index (χ4v) is 2.56. The van der Waals surface area contributed by atoms with E-state index in [9.17, 15) is 0 Å². The molecule has 18 heavy (non-hydrogen) atoms. The van der Waals surface area contributed by atoms with Crippen LogP contribution in [0.4, 0.5) is 0 Å². The first-order valence-electron chi connectivity index (χ1n) is 6.95. The lowest BCUT2D eigenvalue weighted by Crippen LogP contribution is -2.41. The minimum absolute atomic E-state index is 0.190. The summed E-state index contributed by atoms with van der Waals surface area (Å²) >= 11 is 0. The lowest BCUT2D eigenvalue weighted by atomic mass is 10.1. The summed E-state index contributed by atoms with van der Waals surface area (Å²) in [5.41, 5.74) is 0. The zero-order valence-corrected chi connectivity index (χ0v) is 13.7. The van der Waals surface area contributed by atoms with Crippen molar-refractivity contribution in [3.8, 4) is 0 Å². The zero-order valence-electron chi connectivity index (χ0n) is 12.7. The summed E-state index contributed by atoms with van der Waals surface area (Å²) in [6.07, 6.45) is 9.97. The maximum Gasteiger partial charge on any atom is 0.261 e. The molecule has 0 saturated heterocycles. The summed E-state index contributed by atoms with van der Waals surface area (Å²) in [5, 5.41) is 0.201. The summed E-state index contributed by atoms with van der Waals surface area (Å²) < 4.78 is 12.2. The van der Waals surface area contributed by atoms with Gasteiger partial charge in [-0.2, -0.15) is 0 Å². The van der Waals surface area contributed by atoms with Gasteiger partial charge in [0.25, 0.3) is 14.3 Å². The van der Waals surface area contributed by atoms with E-state index in [2.05, 4.69) is 46.0 Å². The van der Waals surface area contributed by atoms with E-state index in [1.165, 1.54) is 12.8 Å². The van der Waals surface area contributed by atoms with Gasteiger partial charge in [0.15, 0.2) is 0 Å². The van der Waals surface area contributed by atoms with E-state index in [4.69, 9.17) is 9.16 Å². The molecule has 0 aliphatic heterocycles. The first-order valence-corrected chi connectivity index (χ1v) is 9.86. The van der Waals surface area contributed by atoms with Gasteiger partial charge in [-0.3, -0.25) is 0 Å². The predicted molar refractivity (Wildman–Crippen MR) is 79.9 cm³/mol. The second kappa shape index (κ2) is 5.96. The average Bonchev–Trinajstić information content (AvgIpc) is 2.27. The standard InChI is InChI=1S/C15H28O2Si/c1-7-14(16-13-11-9-8-10-12-13)17-18(5,6)15(2,3)4/h7,9,11,13H,8,10,12H2,1-6H3/b14-7+/t13-/m1/s1. The van der Waals surface area contributed by atoms with Crippen molar-refractivity contribution in [3.63, 3.8) is 0 Å². The molecule has 0 bridgehead atoms. The Morgan fingerprint density at radius 2 is 2.00 bits per heavy atom. The first kappa shape index (κ1) is 15.4. The monoisotopic (exact) mass is 268 g/mol. The first-order chi connectivity index (χ1) is 8.26. The molecule has 1 aliphatic carbocycles. The molecular weight excluding hydrogens is 240 g/mol. The topological polar surface area (TPSA) is 18.5 Å². The molecule has 1 aliphatic rings. The molecule has 3 heteroatoms. The van der Waals surface area contributed by atoms with Crippen LogP contribution >= 0.6 is 0 Å². The van der Waals surface area contributed by atoms with Crippen molar-refractivity contribution in [2.45, 2.75) is 71.2 Å². The van der Waals surface area contributed by atoms with Gasteiger partial charge in [-0.25, -0.2) is 0 Å². The Morgan fingerprint density at radius 1 is 1.33 bits per heavy atom. The maximum absolute atomic E-state index is 6.20. The van der Waals surface area contributed by atoms with Crippen molar-refractivity contribution in [3.05, 3.63) is 24.2 Å². The van der Waals surface area contributed by atoms with Gasteiger partial charge in [-0.05, 0) is 56.5 Å². The summed E-state index contributed by atoms with van der Waals surface area (Å²) in [6, 6.07) is 0. The molecule has 0 heterocycles. The van der Waals surface area contributed by atoms with Gasteiger partial charge in [0, 0.05) is 0 Å². The third-order valence-corrected chi connectivity index (χ3v) is 8.20. The van der Waals surface area contributed by atoms with Gasteiger partial charge in [0.05, 0.1) is 0 Å². The Labute approximate surface area is 113 Å². The van der Waals surface area contributed by atoms with Gasteiger partial charge >= 0.3 is 0 Å². The van der Waals surface area contributed by atoms with Crippen molar-refractivity contribution >= 4 is 8.32 Å². The summed E-state index contributed by atoms with van der Waals surface area (Å²) in [6.45, 7) is 13.2. The summed E-state index contributed by atoms with van der Waals surface area (Å²) in [4.78, 5) is 0. The van der Waals surface area contributed by atoms with Crippen LogP contribution in [0.5, 0.6) is 0 Å². The number of rotatable bonds is 4. The molecule has 0 amide bonds.